The van der Waals surface area contributed by atoms with E-state index in [0.717, 1.165) is 24.3 Å². The normalized spacial score (nSPS) is 10.7. The molecule has 0 aliphatic carbocycles. The number of ether oxygens (including phenoxy) is 1. The molecule has 2 aromatic rings. The van der Waals surface area contributed by atoms with Crippen LogP contribution in [0.4, 0.5) is 24.5 Å². The van der Waals surface area contributed by atoms with Gasteiger partial charge in [0.15, 0.2) is 6.61 Å². The SMILES string of the molecule is CC(=O)Nc1ccc(NC(=O)COC(=O)CNC(=O)c2ccc(C(F)(F)F)cc2)cc1. The number of nitrogens with one attached hydrogen (secondary N) is 3. The van der Waals surface area contributed by atoms with Crippen molar-refractivity contribution in [3.8, 4) is 0 Å². The lowest BCUT2D eigenvalue weighted by atomic mass is 10.1. The Labute approximate surface area is 174 Å². The number of carbonyl (C=O) groups excluding carboxylic acids is 4. The minimum Gasteiger partial charge on any atom is -0.454 e. The molecule has 3 N–H and O–H groups in total. The Balaban J connectivity index is 1.74. The van der Waals surface area contributed by atoms with Gasteiger partial charge in [-0.25, -0.2) is 0 Å². The molecule has 0 fully saturated rings. The largest absolute Gasteiger partial charge is 0.454 e. The van der Waals surface area contributed by atoms with Crippen molar-refractivity contribution in [3.05, 3.63) is 59.7 Å². The molecule has 31 heavy (non-hydrogen) atoms. The molecule has 0 heterocycles. The number of amides is 3. The van der Waals surface area contributed by atoms with E-state index < -0.39 is 42.7 Å². The summed E-state index contributed by atoms with van der Waals surface area (Å²) in [7, 11) is 0. The zero-order valence-electron chi connectivity index (χ0n) is 16.2. The van der Waals surface area contributed by atoms with Gasteiger partial charge in [-0.15, -0.1) is 0 Å². The van der Waals surface area contributed by atoms with Crippen LogP contribution in [0, 0.1) is 0 Å². The number of halogens is 3. The molecular formula is C20H18F3N3O5. The number of benzene rings is 2. The maximum Gasteiger partial charge on any atom is 0.416 e. The van der Waals surface area contributed by atoms with E-state index >= 15 is 0 Å². The fraction of sp³-hybridized carbons (Fsp3) is 0.200. The number of hydrogen-bond acceptors (Lipinski definition) is 5. The first-order chi connectivity index (χ1) is 14.5. The fourth-order valence-electron chi connectivity index (χ4n) is 2.30. The second kappa shape index (κ2) is 10.2. The van der Waals surface area contributed by atoms with Gasteiger partial charge < -0.3 is 20.7 Å². The summed E-state index contributed by atoms with van der Waals surface area (Å²) < 4.78 is 42.3. The van der Waals surface area contributed by atoms with E-state index in [1.54, 1.807) is 12.1 Å². The summed E-state index contributed by atoms with van der Waals surface area (Å²) in [4.78, 5) is 46.3. The molecule has 0 aliphatic heterocycles. The number of esters is 1. The third-order valence-corrected chi connectivity index (χ3v) is 3.72. The van der Waals surface area contributed by atoms with Crippen LogP contribution in [0.15, 0.2) is 48.5 Å². The van der Waals surface area contributed by atoms with Gasteiger partial charge in [0.05, 0.1) is 5.56 Å². The Morgan fingerprint density at radius 3 is 1.94 bits per heavy atom. The zero-order chi connectivity index (χ0) is 23.0. The predicted molar refractivity (Wildman–Crippen MR) is 104 cm³/mol. The number of rotatable bonds is 7. The van der Waals surface area contributed by atoms with Gasteiger partial charge in [0, 0.05) is 23.9 Å². The maximum absolute atomic E-state index is 12.5. The molecule has 0 saturated carbocycles. The molecule has 0 aromatic heterocycles. The van der Waals surface area contributed by atoms with Crippen LogP contribution in [-0.4, -0.2) is 36.8 Å². The first-order valence-corrected chi connectivity index (χ1v) is 8.83. The molecule has 0 spiro atoms. The summed E-state index contributed by atoms with van der Waals surface area (Å²) in [6.45, 7) is 0.178. The molecule has 2 aromatic carbocycles. The summed E-state index contributed by atoms with van der Waals surface area (Å²) in [5.74, 6) is -2.55. The maximum atomic E-state index is 12.5. The molecule has 0 bridgehead atoms. The molecule has 8 nitrogen and oxygen atoms in total. The van der Waals surface area contributed by atoms with Crippen LogP contribution in [0.3, 0.4) is 0 Å². The highest BCUT2D eigenvalue weighted by Gasteiger charge is 2.30. The van der Waals surface area contributed by atoms with Crippen LogP contribution < -0.4 is 16.0 Å². The summed E-state index contributed by atoms with van der Waals surface area (Å²) >= 11 is 0. The van der Waals surface area contributed by atoms with E-state index in [2.05, 4.69) is 16.0 Å². The van der Waals surface area contributed by atoms with Crippen LogP contribution in [0.5, 0.6) is 0 Å². The average molecular weight is 437 g/mol. The summed E-state index contributed by atoms with van der Waals surface area (Å²) in [5, 5.41) is 7.23. The van der Waals surface area contributed by atoms with Crippen LogP contribution in [0.2, 0.25) is 0 Å². The molecule has 0 unspecified atom stereocenters. The van der Waals surface area contributed by atoms with Crippen molar-refractivity contribution in [1.29, 1.82) is 0 Å². The Bertz CT molecular complexity index is 958. The second-order valence-corrected chi connectivity index (χ2v) is 6.23. The zero-order valence-corrected chi connectivity index (χ0v) is 16.2. The Morgan fingerprint density at radius 1 is 0.871 bits per heavy atom. The van der Waals surface area contributed by atoms with Crippen molar-refractivity contribution >= 4 is 35.1 Å². The minimum absolute atomic E-state index is 0.0683. The van der Waals surface area contributed by atoms with Crippen molar-refractivity contribution in [2.45, 2.75) is 13.1 Å². The second-order valence-electron chi connectivity index (χ2n) is 6.23. The van der Waals surface area contributed by atoms with Crippen molar-refractivity contribution in [1.82, 2.24) is 5.32 Å². The molecule has 0 atom stereocenters. The molecular weight excluding hydrogens is 419 g/mol. The monoisotopic (exact) mass is 437 g/mol. The van der Waals surface area contributed by atoms with E-state index in [1.165, 1.54) is 19.1 Å². The molecule has 11 heteroatoms. The predicted octanol–water partition coefficient (Wildman–Crippen LogP) is 2.58. The first kappa shape index (κ1) is 23.4. The van der Waals surface area contributed by atoms with Crippen LogP contribution in [-0.2, 0) is 25.3 Å². The minimum atomic E-state index is -4.52. The molecule has 3 amide bonds. The van der Waals surface area contributed by atoms with Gasteiger partial charge >= 0.3 is 12.1 Å². The Morgan fingerprint density at radius 2 is 1.42 bits per heavy atom. The fourth-order valence-corrected chi connectivity index (χ4v) is 2.30. The van der Waals surface area contributed by atoms with Gasteiger partial charge in [0.1, 0.15) is 6.54 Å². The lowest BCUT2D eigenvalue weighted by Gasteiger charge is -2.09. The lowest BCUT2D eigenvalue weighted by Crippen LogP contribution is -2.32. The molecule has 0 aliphatic rings. The molecule has 0 radical (unpaired) electrons. The highest BCUT2D eigenvalue weighted by Crippen LogP contribution is 2.29. The smallest absolute Gasteiger partial charge is 0.416 e. The van der Waals surface area contributed by atoms with Crippen LogP contribution in [0.1, 0.15) is 22.8 Å². The molecule has 0 saturated heterocycles. The number of alkyl halides is 3. The van der Waals surface area contributed by atoms with Crippen molar-refractivity contribution in [2.75, 3.05) is 23.8 Å². The Kier molecular flexibility index (Phi) is 7.72. The number of carbonyl (C=O) groups is 4. The topological polar surface area (TPSA) is 114 Å². The average Bonchev–Trinajstić information content (AvgIpc) is 2.71. The van der Waals surface area contributed by atoms with Gasteiger partial charge in [0.25, 0.3) is 11.8 Å². The first-order valence-electron chi connectivity index (χ1n) is 8.83. The van der Waals surface area contributed by atoms with Gasteiger partial charge in [0.2, 0.25) is 5.91 Å². The van der Waals surface area contributed by atoms with Crippen LogP contribution in [0.25, 0.3) is 0 Å². The third kappa shape index (κ3) is 7.80. The standard InChI is InChI=1S/C20H18F3N3O5/c1-12(27)25-15-6-8-16(9-7-15)26-17(28)11-31-18(29)10-24-19(30)13-2-4-14(5-3-13)20(21,22)23/h2-9H,10-11H2,1H3,(H,24,30)(H,25,27)(H,26,28). The van der Waals surface area contributed by atoms with Gasteiger partial charge in [-0.05, 0) is 48.5 Å². The van der Waals surface area contributed by atoms with Crippen molar-refractivity contribution < 1.29 is 37.1 Å². The summed E-state index contributed by atoms with van der Waals surface area (Å²) in [6.07, 6.45) is -4.52. The van der Waals surface area contributed by atoms with Crippen molar-refractivity contribution in [3.63, 3.8) is 0 Å². The number of anilines is 2. The molecule has 164 valence electrons. The van der Waals surface area contributed by atoms with E-state index in [9.17, 15) is 32.3 Å². The number of hydrogen-bond donors (Lipinski definition) is 3. The van der Waals surface area contributed by atoms with Crippen LogP contribution >= 0.6 is 0 Å². The third-order valence-electron chi connectivity index (χ3n) is 3.72. The molecule has 2 rings (SSSR count). The van der Waals surface area contributed by atoms with Crippen molar-refractivity contribution in [2.24, 2.45) is 0 Å². The Hall–Kier alpha value is -3.89. The van der Waals surface area contributed by atoms with Gasteiger partial charge in [-0.1, -0.05) is 0 Å². The van der Waals surface area contributed by atoms with E-state index in [-0.39, 0.29) is 11.5 Å². The van der Waals surface area contributed by atoms with Gasteiger partial charge in [-0.3, -0.25) is 19.2 Å². The highest BCUT2D eigenvalue weighted by atomic mass is 19.4. The summed E-state index contributed by atoms with van der Waals surface area (Å²) in [5.41, 5.74) is -0.0213. The van der Waals surface area contributed by atoms with Gasteiger partial charge in [-0.2, -0.15) is 13.2 Å². The summed E-state index contributed by atoms with van der Waals surface area (Å²) in [6, 6.07) is 9.67. The van der Waals surface area contributed by atoms with E-state index in [4.69, 9.17) is 4.74 Å². The quantitative estimate of drug-likeness (QED) is 0.577. The van der Waals surface area contributed by atoms with E-state index in [1.807, 2.05) is 0 Å². The lowest BCUT2D eigenvalue weighted by molar-refractivity contribution is -0.146. The van der Waals surface area contributed by atoms with E-state index in [0.29, 0.717) is 11.4 Å². The highest BCUT2D eigenvalue weighted by molar-refractivity contribution is 5.96.